The second-order valence-electron chi connectivity index (χ2n) is 6.99. The first-order chi connectivity index (χ1) is 7.57. The van der Waals surface area contributed by atoms with Gasteiger partial charge >= 0.3 is 5.97 Å². The van der Waals surface area contributed by atoms with Gasteiger partial charge in [0.05, 0.1) is 11.5 Å². The first kappa shape index (κ1) is 9.49. The summed E-state index contributed by atoms with van der Waals surface area (Å²) < 4.78 is 5.50. The summed E-state index contributed by atoms with van der Waals surface area (Å²) in [6.07, 6.45) is 6.33. The van der Waals surface area contributed by atoms with E-state index in [2.05, 4.69) is 0 Å². The molecule has 2 heteroatoms. The molecule has 2 bridgehead atoms. The van der Waals surface area contributed by atoms with Crippen molar-refractivity contribution in [2.45, 2.75) is 52.1 Å². The standard InChI is InChI=1S/C14H20O2/c1-8(2)16-12(15)13-5-10-3-9-4-11(6-13)14(9,10)7-13/h8-11H,3-7H2,1-2H3. The van der Waals surface area contributed by atoms with E-state index in [0.717, 1.165) is 30.6 Å². The molecule has 4 aliphatic carbocycles. The maximum Gasteiger partial charge on any atom is 0.312 e. The number of carbonyl (C=O) groups excluding carboxylic acids is 1. The lowest BCUT2D eigenvalue weighted by molar-refractivity contribution is -0.182. The van der Waals surface area contributed by atoms with Gasteiger partial charge in [0.25, 0.3) is 0 Å². The van der Waals surface area contributed by atoms with Crippen LogP contribution in [0, 0.1) is 28.6 Å². The molecule has 2 atom stereocenters. The van der Waals surface area contributed by atoms with Gasteiger partial charge in [0.15, 0.2) is 0 Å². The van der Waals surface area contributed by atoms with Gasteiger partial charge in [-0.15, -0.1) is 0 Å². The second kappa shape index (κ2) is 2.49. The first-order valence-corrected chi connectivity index (χ1v) is 6.78. The molecule has 0 aromatic carbocycles. The number of fused-ring (bicyclic) bond motifs is 1. The fraction of sp³-hybridized carbons (Fsp3) is 0.929. The van der Waals surface area contributed by atoms with Crippen molar-refractivity contribution < 1.29 is 9.53 Å². The lowest BCUT2D eigenvalue weighted by Crippen LogP contribution is -2.59. The maximum atomic E-state index is 12.3. The summed E-state index contributed by atoms with van der Waals surface area (Å²) in [5.41, 5.74) is 0.584. The van der Waals surface area contributed by atoms with Crippen LogP contribution in [-0.4, -0.2) is 12.1 Å². The minimum Gasteiger partial charge on any atom is -0.463 e. The van der Waals surface area contributed by atoms with Gasteiger partial charge in [-0.25, -0.2) is 0 Å². The lowest BCUT2D eigenvalue weighted by atomic mass is 9.38. The molecule has 4 rings (SSSR count). The van der Waals surface area contributed by atoms with Gasteiger partial charge in [0.1, 0.15) is 0 Å². The van der Waals surface area contributed by atoms with Crippen molar-refractivity contribution in [2.24, 2.45) is 28.6 Å². The third kappa shape index (κ3) is 0.791. The van der Waals surface area contributed by atoms with E-state index in [1.54, 1.807) is 0 Å². The van der Waals surface area contributed by atoms with Gasteiger partial charge in [-0.2, -0.15) is 0 Å². The number of ether oxygens (including phenoxy) is 1. The van der Waals surface area contributed by atoms with Crippen molar-refractivity contribution in [3.05, 3.63) is 0 Å². The topological polar surface area (TPSA) is 26.3 Å². The Labute approximate surface area is 96.7 Å². The van der Waals surface area contributed by atoms with Crippen LogP contribution in [0.15, 0.2) is 0 Å². The molecule has 0 N–H and O–H groups in total. The number of hydrogen-bond donors (Lipinski definition) is 0. The van der Waals surface area contributed by atoms with Crippen LogP contribution in [0.3, 0.4) is 0 Å². The molecule has 4 saturated carbocycles. The number of esters is 1. The number of carbonyl (C=O) groups is 1. The number of hydrogen-bond acceptors (Lipinski definition) is 2. The van der Waals surface area contributed by atoms with Gasteiger partial charge in [-0.1, -0.05) is 0 Å². The van der Waals surface area contributed by atoms with Crippen LogP contribution in [-0.2, 0) is 9.53 Å². The third-order valence-electron chi connectivity index (χ3n) is 6.11. The van der Waals surface area contributed by atoms with Gasteiger partial charge < -0.3 is 4.74 Å². The predicted molar refractivity (Wildman–Crippen MR) is 59.6 cm³/mol. The summed E-state index contributed by atoms with van der Waals surface area (Å²) >= 11 is 0. The molecule has 0 aliphatic heterocycles. The van der Waals surface area contributed by atoms with Gasteiger partial charge in [-0.05, 0) is 69.1 Å². The Balaban J connectivity index is 1.63. The fourth-order valence-corrected chi connectivity index (χ4v) is 5.65. The molecule has 0 amide bonds. The summed E-state index contributed by atoms with van der Waals surface area (Å²) in [5.74, 6) is 2.87. The number of rotatable bonds is 2. The molecule has 2 nitrogen and oxygen atoms in total. The SMILES string of the molecule is CC(C)OC(=O)C12CC3CC4CC(C1)C43C2. The van der Waals surface area contributed by atoms with Crippen molar-refractivity contribution in [2.75, 3.05) is 0 Å². The fourth-order valence-electron chi connectivity index (χ4n) is 5.65. The van der Waals surface area contributed by atoms with Gasteiger partial charge in [0, 0.05) is 0 Å². The van der Waals surface area contributed by atoms with E-state index >= 15 is 0 Å². The van der Waals surface area contributed by atoms with Crippen LogP contribution in [0.5, 0.6) is 0 Å². The van der Waals surface area contributed by atoms with Crippen molar-refractivity contribution in [1.82, 2.24) is 0 Å². The second-order valence-corrected chi connectivity index (χ2v) is 6.99. The van der Waals surface area contributed by atoms with Crippen molar-refractivity contribution in [3.63, 3.8) is 0 Å². The maximum absolute atomic E-state index is 12.3. The van der Waals surface area contributed by atoms with Crippen LogP contribution in [0.4, 0.5) is 0 Å². The van der Waals surface area contributed by atoms with E-state index in [-0.39, 0.29) is 17.5 Å². The highest BCUT2D eigenvalue weighted by molar-refractivity contribution is 5.79. The van der Waals surface area contributed by atoms with Crippen LogP contribution >= 0.6 is 0 Å². The molecular formula is C14H20O2. The Bertz CT molecular complexity index is 355. The van der Waals surface area contributed by atoms with E-state index in [1.807, 2.05) is 13.8 Å². The predicted octanol–water partition coefficient (Wildman–Crippen LogP) is 2.76. The normalized spacial score (nSPS) is 55.6. The molecule has 0 heterocycles. The summed E-state index contributed by atoms with van der Waals surface area (Å²) in [6, 6.07) is 0. The Hall–Kier alpha value is -0.530. The summed E-state index contributed by atoms with van der Waals surface area (Å²) in [6.45, 7) is 3.92. The van der Waals surface area contributed by atoms with Crippen LogP contribution in [0.1, 0.15) is 46.0 Å². The largest absolute Gasteiger partial charge is 0.463 e. The molecular weight excluding hydrogens is 200 g/mol. The molecule has 0 radical (unpaired) electrons. The Morgan fingerprint density at radius 3 is 2.25 bits per heavy atom. The van der Waals surface area contributed by atoms with Gasteiger partial charge in [-0.3, -0.25) is 4.79 Å². The Kier molecular flexibility index (Phi) is 1.48. The van der Waals surface area contributed by atoms with Crippen LogP contribution in [0.25, 0.3) is 0 Å². The van der Waals surface area contributed by atoms with E-state index < -0.39 is 0 Å². The highest BCUT2D eigenvalue weighted by Gasteiger charge is 2.79. The summed E-state index contributed by atoms with van der Waals surface area (Å²) in [7, 11) is 0. The zero-order valence-corrected chi connectivity index (χ0v) is 10.2. The van der Waals surface area contributed by atoms with E-state index in [9.17, 15) is 4.79 Å². The minimum atomic E-state index is -0.0507. The van der Waals surface area contributed by atoms with Crippen LogP contribution < -0.4 is 0 Å². The summed E-state index contributed by atoms with van der Waals surface area (Å²) in [5, 5.41) is 0. The molecule has 16 heavy (non-hydrogen) atoms. The molecule has 4 fully saturated rings. The molecule has 1 spiro atoms. The Morgan fingerprint density at radius 2 is 1.81 bits per heavy atom. The molecule has 4 aliphatic rings. The molecule has 0 saturated heterocycles. The van der Waals surface area contributed by atoms with E-state index in [4.69, 9.17) is 4.74 Å². The van der Waals surface area contributed by atoms with Gasteiger partial charge in [0.2, 0.25) is 0 Å². The van der Waals surface area contributed by atoms with Crippen molar-refractivity contribution in [1.29, 1.82) is 0 Å². The quantitative estimate of drug-likeness (QED) is 0.669. The smallest absolute Gasteiger partial charge is 0.312 e. The highest BCUT2D eigenvalue weighted by atomic mass is 16.5. The summed E-state index contributed by atoms with van der Waals surface area (Å²) in [4.78, 5) is 12.3. The first-order valence-electron chi connectivity index (χ1n) is 6.78. The molecule has 0 aromatic rings. The molecule has 2 unspecified atom stereocenters. The Morgan fingerprint density at radius 1 is 1.19 bits per heavy atom. The van der Waals surface area contributed by atoms with Crippen molar-refractivity contribution in [3.8, 4) is 0 Å². The average molecular weight is 220 g/mol. The van der Waals surface area contributed by atoms with Crippen LogP contribution in [0.2, 0.25) is 0 Å². The molecule has 0 aromatic heterocycles. The van der Waals surface area contributed by atoms with Crippen molar-refractivity contribution >= 4 is 5.97 Å². The highest BCUT2D eigenvalue weighted by Crippen LogP contribution is 2.84. The third-order valence-corrected chi connectivity index (χ3v) is 6.11. The zero-order chi connectivity index (χ0) is 11.1. The average Bonchev–Trinajstić information content (AvgIpc) is 2.62. The monoisotopic (exact) mass is 220 g/mol. The zero-order valence-electron chi connectivity index (χ0n) is 10.2. The lowest BCUT2D eigenvalue weighted by Gasteiger charge is -2.66. The molecule has 88 valence electrons. The van der Waals surface area contributed by atoms with E-state index in [1.165, 1.54) is 19.3 Å². The minimum absolute atomic E-state index is 0.0479. The van der Waals surface area contributed by atoms with E-state index in [0.29, 0.717) is 5.41 Å².